The number of rotatable bonds is 20. The Morgan fingerprint density at radius 3 is 1.01 bits per heavy atom. The van der Waals surface area contributed by atoms with E-state index in [-0.39, 0.29) is 24.4 Å². The van der Waals surface area contributed by atoms with Gasteiger partial charge in [0.1, 0.15) is 42.9 Å². The minimum absolute atomic E-state index is 0. The first-order valence-corrected chi connectivity index (χ1v) is 39.9. The van der Waals surface area contributed by atoms with Crippen molar-refractivity contribution < 1.29 is 44.6 Å². The molecule has 108 heavy (non-hydrogen) atoms. The number of amides is 2. The maximum absolute atomic E-state index is 11.6. The number of hydrogen-bond donors (Lipinski definition) is 4. The number of pyridine rings is 4. The second kappa shape index (κ2) is 49.9. The molecule has 5 N–H and O–H groups in total. The number of nitrogens with zero attached hydrogens (tertiary/aromatic N) is 9. The Hall–Kier alpha value is -8.90. The van der Waals surface area contributed by atoms with Crippen LogP contribution in [-0.4, -0.2) is 84.6 Å². The van der Waals surface area contributed by atoms with E-state index < -0.39 is 32.3 Å². The Labute approximate surface area is 687 Å². The van der Waals surface area contributed by atoms with Crippen LogP contribution in [0.3, 0.4) is 0 Å². The molecule has 0 aliphatic rings. The van der Waals surface area contributed by atoms with Gasteiger partial charge >= 0.3 is 11.9 Å². The van der Waals surface area contributed by atoms with Crippen LogP contribution in [0.4, 0.5) is 28.4 Å². The smallest absolute Gasteiger partial charge is 0.356 e. The Bertz CT molecular complexity index is 4570. The third-order valence-corrected chi connectivity index (χ3v) is 19.7. The van der Waals surface area contributed by atoms with E-state index >= 15 is 0 Å². The largest absolute Gasteiger partial charge is 0.477 e. The molecule has 0 saturated heterocycles. The number of hydrogen-bond acceptors (Lipinski definition) is 17. The molecule has 4 heterocycles. The Balaban J connectivity index is 0.000000346. The van der Waals surface area contributed by atoms with E-state index in [1.54, 1.807) is 73.8 Å². The van der Waals surface area contributed by atoms with Crippen LogP contribution in [0.2, 0.25) is 25.1 Å². The molecule has 0 bridgehead atoms. The van der Waals surface area contributed by atoms with Gasteiger partial charge in [-0.2, -0.15) is 0 Å². The van der Waals surface area contributed by atoms with Gasteiger partial charge < -0.3 is 26.0 Å². The van der Waals surface area contributed by atoms with Crippen molar-refractivity contribution in [3.8, 4) is 0 Å². The number of aliphatic hydroxyl groups excluding tert-OH is 1. The number of esters is 1. The lowest BCUT2D eigenvalue weighted by Gasteiger charge is -2.06. The van der Waals surface area contributed by atoms with Crippen molar-refractivity contribution in [1.29, 1.82) is 0 Å². The minimum atomic E-state index is -1.67. The monoisotopic (exact) mass is 1720 g/mol. The first kappa shape index (κ1) is 91.5. The van der Waals surface area contributed by atoms with Crippen molar-refractivity contribution in [3.63, 3.8) is 0 Å². The molecular formula is C74H57Cl8N11O9S6. The second-order valence-corrected chi connectivity index (χ2v) is 30.0. The number of carboxylic acid groups (broad SMARTS) is 1. The number of nitrogens with one attached hydrogen (secondary N) is 1. The normalized spacial score (nSPS) is 9.81. The van der Waals surface area contributed by atoms with E-state index in [0.29, 0.717) is 114 Å². The predicted octanol–water partition coefficient (Wildman–Crippen LogP) is 22.7. The number of carbonyl (C=O) groups excluding carboxylic acids is 4. The molecule has 0 spiro atoms. The van der Waals surface area contributed by atoms with Crippen LogP contribution in [0, 0.1) is 32.9 Å². The molecule has 34 heteroatoms. The number of thioether (sulfide) groups is 5. The Kier molecular flexibility index (Phi) is 42.3. The van der Waals surface area contributed by atoms with E-state index in [1.807, 2.05) is 97.1 Å². The average molecular weight is 1720 g/mol. The maximum Gasteiger partial charge on any atom is 0.356 e. The lowest BCUT2D eigenvalue weighted by atomic mass is 10.2. The first-order valence-electron chi connectivity index (χ1n) is 29.9. The zero-order valence-corrected chi connectivity index (χ0v) is 67.2. The Morgan fingerprint density at radius 2 is 0.722 bits per heavy atom. The molecule has 6 aromatic carbocycles. The molecule has 2 amide bonds. The van der Waals surface area contributed by atoms with Gasteiger partial charge in [-0.15, -0.1) is 58.8 Å². The van der Waals surface area contributed by atoms with Gasteiger partial charge in [0.2, 0.25) is 37.7 Å². The fourth-order valence-corrected chi connectivity index (χ4v) is 13.2. The van der Waals surface area contributed by atoms with Gasteiger partial charge in [0, 0.05) is 101 Å². The van der Waals surface area contributed by atoms with Crippen LogP contribution in [0.15, 0.2) is 213 Å². The van der Waals surface area contributed by atoms with Crippen LogP contribution in [0.5, 0.6) is 0 Å². The van der Waals surface area contributed by atoms with Crippen molar-refractivity contribution >= 4 is 216 Å². The van der Waals surface area contributed by atoms with Crippen molar-refractivity contribution in [1.82, 2.24) is 25.3 Å². The molecule has 10 aromatic rings. The fraction of sp³-hybridized carbons (Fsp3) is 0.108. The van der Waals surface area contributed by atoms with Gasteiger partial charge in [-0.05, 0) is 130 Å². The number of ether oxygens (including phenoxy) is 1. The summed E-state index contributed by atoms with van der Waals surface area (Å²) >= 11 is 41.6. The molecule has 0 saturated carbocycles. The standard InChI is InChI=1S/C15H9Cl2NOS.C15H12ClN3OS.C15H11ClN2O2S.C14H10ClN3OS.C14H9ClN2O2S.CH4O.Cl2OS.H2/c1-18-13-7-4-11(15(17)19)8-14(13)20-9-10-2-5-12(16)6-3-10;1-17-13-8-7-12(14(20)18-2)19-15(13)21-9-10-3-5-11(16)6-4-10;1-17-12-7-8-13(15(19)20-2)18-14(12)21-9-10-3-5-11(16)6-4-10;1-17-12-7-6-11(13(16)19)18-14(12)20-8-9-2-4-10(15)5-3-9;1-16-11-6-7-12(14(18)19)17-13(11)20-8-9-2-4-10(15)5-3-9;1-2;1-4(2)3;/h2-8H,9H2;3-8H,9H2,2H3,(H,18,20);3-8H,9H2,2H3;2-7H,8H2,(H2,16,19);2-7H,8H2,(H,18,19);2H,1H3;;1H/i;;;;;;;1+1. The summed E-state index contributed by atoms with van der Waals surface area (Å²) in [4.78, 5) is 90.7. The number of aromatic nitrogens is 4. The summed E-state index contributed by atoms with van der Waals surface area (Å²) in [6, 6.07) is 54.1. The van der Waals surface area contributed by atoms with Gasteiger partial charge in [-0.3, -0.25) is 14.4 Å². The molecule has 10 rings (SSSR count). The quantitative estimate of drug-likeness (QED) is 0.0239. The van der Waals surface area contributed by atoms with E-state index in [4.69, 9.17) is 123 Å². The molecule has 0 unspecified atom stereocenters. The number of methoxy groups -OCH3 is 1. The summed E-state index contributed by atoms with van der Waals surface area (Å²) in [5, 5.41) is 23.3. The molecule has 0 radical (unpaired) electrons. The first-order chi connectivity index (χ1) is 51.8. The zero-order chi connectivity index (χ0) is 79.7. The summed E-state index contributed by atoms with van der Waals surface area (Å²) in [6.07, 6.45) is 0. The highest BCUT2D eigenvalue weighted by molar-refractivity contribution is 8.26. The molecule has 0 fully saturated rings. The van der Waals surface area contributed by atoms with E-state index in [2.05, 4.69) is 75.6 Å². The molecule has 20 nitrogen and oxygen atoms in total. The molecule has 0 aliphatic carbocycles. The van der Waals surface area contributed by atoms with Crippen molar-refractivity contribution in [3.05, 3.63) is 326 Å². The van der Waals surface area contributed by atoms with Crippen LogP contribution in [0.1, 0.15) is 81.6 Å². The van der Waals surface area contributed by atoms with Gasteiger partial charge in [0.25, 0.3) is 17.1 Å². The topological polar surface area (TPSA) is 264 Å². The van der Waals surface area contributed by atoms with E-state index in [0.717, 1.165) is 39.8 Å². The lowest BCUT2D eigenvalue weighted by molar-refractivity contribution is 0.0592. The predicted molar refractivity (Wildman–Crippen MR) is 440 cm³/mol. The van der Waals surface area contributed by atoms with Gasteiger partial charge in [0.15, 0.2) is 0 Å². The number of carboxylic acids is 1. The van der Waals surface area contributed by atoms with Crippen molar-refractivity contribution in [2.45, 2.75) is 53.8 Å². The second-order valence-electron chi connectivity index (χ2n) is 20.1. The zero-order valence-electron chi connectivity index (χ0n) is 56.3. The van der Waals surface area contributed by atoms with Crippen LogP contribution < -0.4 is 11.1 Å². The number of halogens is 8. The molecular weight excluding hydrogens is 1660 g/mol. The van der Waals surface area contributed by atoms with Crippen LogP contribution in [-0.2, 0) is 42.7 Å². The minimum Gasteiger partial charge on any atom is -0.477 e. The summed E-state index contributed by atoms with van der Waals surface area (Å²) in [7, 11) is 11.2. The highest BCUT2D eigenvalue weighted by Crippen LogP contribution is 2.37. The number of aromatic carboxylic acids is 1. The van der Waals surface area contributed by atoms with E-state index in [1.165, 1.54) is 90.2 Å². The van der Waals surface area contributed by atoms with Crippen molar-refractivity contribution in [2.75, 3.05) is 21.3 Å². The average Bonchev–Trinajstić information content (AvgIpc) is 0.868. The van der Waals surface area contributed by atoms with E-state index in [9.17, 15) is 24.0 Å². The summed E-state index contributed by atoms with van der Waals surface area (Å²) in [5.41, 5.74) is 13.7. The van der Waals surface area contributed by atoms with Gasteiger partial charge in [0.05, 0.1) is 40.0 Å². The number of aliphatic hydroxyl groups is 1. The number of benzene rings is 6. The molecule has 554 valence electrons. The lowest BCUT2D eigenvalue weighted by Crippen LogP contribution is -2.19. The molecule has 0 atom stereocenters. The SMILES string of the molecule is CO.O=S(Cl)Cl.[2HH].[C-]#[N+]c1ccc(C(=O)Cl)cc1SCc1ccc(Cl)cc1.[C-]#[N+]c1ccc(C(=O)NC)nc1SCc1ccc(Cl)cc1.[C-]#[N+]c1ccc(C(=O)O)nc1SCc1ccc(Cl)cc1.[C-]#[N+]c1ccc(C(=O)OC)nc1SCc1ccc(Cl)cc1.[C-]#[N+]c1ccc(C(N)=O)nc1SCc1ccc(Cl)cc1. The van der Waals surface area contributed by atoms with Crippen LogP contribution >= 0.6 is 150 Å². The number of carbonyl (C=O) groups is 5. The van der Waals surface area contributed by atoms with Crippen molar-refractivity contribution in [2.24, 2.45) is 5.73 Å². The fourth-order valence-electron chi connectivity index (χ4n) is 7.74. The maximum atomic E-state index is 11.6. The number of nitrogens with two attached hydrogens (primary N) is 1. The summed E-state index contributed by atoms with van der Waals surface area (Å²) < 4.78 is 13.7. The third kappa shape index (κ3) is 32.9. The molecule has 0 aliphatic heterocycles. The summed E-state index contributed by atoms with van der Waals surface area (Å²) in [6.45, 7) is 35.7. The van der Waals surface area contributed by atoms with Gasteiger partial charge in [-0.25, -0.2) is 58.0 Å². The third-order valence-electron chi connectivity index (χ3n) is 12.9. The Morgan fingerprint density at radius 1 is 0.454 bits per heavy atom. The summed E-state index contributed by atoms with van der Waals surface area (Å²) in [5.74, 6) is 0.732. The van der Waals surface area contributed by atoms with Crippen LogP contribution in [0.25, 0.3) is 24.2 Å². The number of primary amides is 1. The highest BCUT2D eigenvalue weighted by atomic mass is 36.0. The molecule has 4 aromatic heterocycles. The highest BCUT2D eigenvalue weighted by Gasteiger charge is 2.17. The van der Waals surface area contributed by atoms with Gasteiger partial charge in [-0.1, -0.05) is 155 Å².